The molecule has 2 rings (SSSR count). The first-order valence-corrected chi connectivity index (χ1v) is 13.6. The summed E-state index contributed by atoms with van der Waals surface area (Å²) in [5.41, 5.74) is 0.448. The highest BCUT2D eigenvalue weighted by atomic mass is 16.5. The molecule has 1 saturated carbocycles. The summed E-state index contributed by atoms with van der Waals surface area (Å²) in [6, 6.07) is 9.87. The van der Waals surface area contributed by atoms with Crippen molar-refractivity contribution in [3.05, 3.63) is 61.2 Å². The first kappa shape index (κ1) is 31.2. The van der Waals surface area contributed by atoms with Crippen LogP contribution in [0.15, 0.2) is 55.6 Å². The average molecular weight is 529 g/mol. The summed E-state index contributed by atoms with van der Waals surface area (Å²) in [6.45, 7) is 8.37. The third kappa shape index (κ3) is 11.2. The van der Waals surface area contributed by atoms with E-state index in [1.807, 2.05) is 36.4 Å². The van der Waals surface area contributed by atoms with E-state index in [0.29, 0.717) is 32.2 Å². The molecule has 0 aromatic heterocycles. The summed E-state index contributed by atoms with van der Waals surface area (Å²) in [6.07, 6.45) is 9.09. The maximum absolute atomic E-state index is 13.3. The van der Waals surface area contributed by atoms with E-state index in [0.717, 1.165) is 31.2 Å². The molecule has 0 bridgehead atoms. The van der Waals surface area contributed by atoms with Gasteiger partial charge in [0, 0.05) is 13.0 Å². The molecule has 0 heterocycles. The van der Waals surface area contributed by atoms with Gasteiger partial charge < -0.3 is 25.2 Å². The molecule has 1 aromatic carbocycles. The molecular weight excluding hydrogens is 484 g/mol. The van der Waals surface area contributed by atoms with Crippen LogP contribution >= 0.6 is 0 Å². The van der Waals surface area contributed by atoms with Crippen molar-refractivity contribution in [3.63, 3.8) is 0 Å². The van der Waals surface area contributed by atoms with Crippen molar-refractivity contribution in [1.82, 2.24) is 10.6 Å². The summed E-state index contributed by atoms with van der Waals surface area (Å²) in [5, 5.41) is 14.6. The molecule has 0 saturated heterocycles. The molecule has 8 nitrogen and oxygen atoms in total. The third-order valence-corrected chi connectivity index (χ3v) is 6.88. The van der Waals surface area contributed by atoms with Crippen LogP contribution in [0.2, 0.25) is 0 Å². The molecule has 3 N–H and O–H groups in total. The van der Waals surface area contributed by atoms with Crippen LogP contribution in [-0.2, 0) is 30.3 Å². The van der Waals surface area contributed by atoms with Crippen molar-refractivity contribution in [2.75, 3.05) is 33.0 Å². The molecule has 210 valence electrons. The fourth-order valence-electron chi connectivity index (χ4n) is 4.78. The number of aliphatic hydroxyl groups excluding tert-OH is 1. The molecule has 1 aromatic rings. The number of rotatable bonds is 19. The molecule has 1 aliphatic rings. The van der Waals surface area contributed by atoms with Crippen LogP contribution in [0, 0.1) is 11.8 Å². The number of hydrogen-bond acceptors (Lipinski definition) is 6. The lowest BCUT2D eigenvalue weighted by molar-refractivity contribution is -0.152. The van der Waals surface area contributed by atoms with Gasteiger partial charge in [0.1, 0.15) is 6.61 Å². The molecule has 1 fully saturated rings. The van der Waals surface area contributed by atoms with Gasteiger partial charge in [0.2, 0.25) is 11.8 Å². The van der Waals surface area contributed by atoms with Crippen LogP contribution in [0.5, 0.6) is 0 Å². The van der Waals surface area contributed by atoms with Crippen LogP contribution in [0.3, 0.4) is 0 Å². The lowest BCUT2D eigenvalue weighted by Crippen LogP contribution is -2.52. The molecule has 2 unspecified atom stereocenters. The maximum atomic E-state index is 13.3. The van der Waals surface area contributed by atoms with Crippen LogP contribution in [0.25, 0.3) is 0 Å². The molecule has 2 amide bonds. The Kier molecular flexibility index (Phi) is 14.4. The number of benzene rings is 1. The van der Waals surface area contributed by atoms with E-state index in [1.54, 1.807) is 6.08 Å². The van der Waals surface area contributed by atoms with Crippen molar-refractivity contribution < 1.29 is 29.0 Å². The van der Waals surface area contributed by atoms with Gasteiger partial charge >= 0.3 is 5.97 Å². The summed E-state index contributed by atoms with van der Waals surface area (Å²) >= 11 is 0. The second kappa shape index (κ2) is 17.5. The molecule has 2 atom stereocenters. The van der Waals surface area contributed by atoms with Crippen LogP contribution in [0.1, 0.15) is 56.9 Å². The lowest BCUT2D eigenvalue weighted by Gasteiger charge is -2.32. The molecule has 0 radical (unpaired) electrons. The molecule has 8 heteroatoms. The zero-order chi connectivity index (χ0) is 27.6. The van der Waals surface area contributed by atoms with Gasteiger partial charge in [-0.25, -0.2) is 0 Å². The Morgan fingerprint density at radius 2 is 1.79 bits per heavy atom. The number of nitrogens with one attached hydrogen (secondary N) is 2. The first-order valence-electron chi connectivity index (χ1n) is 13.6. The van der Waals surface area contributed by atoms with E-state index in [1.165, 1.54) is 0 Å². The molecule has 1 aliphatic carbocycles. The van der Waals surface area contributed by atoms with Crippen molar-refractivity contribution in [1.29, 1.82) is 0 Å². The standard InChI is InChI=1S/C30H44N2O6/c1-3-5-14-26(21-24-12-7-6-8-13-24)29(36)38-23-30(15-9-10-16-30)32-28(35)25(11-4-2)22-27(34)31-17-19-37-20-18-33/h3-4,6-8,12-13,25-26,33H,1-2,5,9-11,14-23H2,(H,31,34)(H,32,35). The highest BCUT2D eigenvalue weighted by Gasteiger charge is 2.39. The molecule has 0 spiro atoms. The second-order valence-electron chi connectivity index (χ2n) is 9.95. The number of aliphatic hydroxyl groups is 1. The lowest BCUT2D eigenvalue weighted by atomic mass is 9.93. The van der Waals surface area contributed by atoms with Gasteiger partial charge in [0.05, 0.1) is 37.2 Å². The number of amides is 2. The number of esters is 1. The fraction of sp³-hybridized carbons (Fsp3) is 0.567. The van der Waals surface area contributed by atoms with E-state index in [9.17, 15) is 14.4 Å². The molecule has 38 heavy (non-hydrogen) atoms. The summed E-state index contributed by atoms with van der Waals surface area (Å²) < 4.78 is 11.0. The summed E-state index contributed by atoms with van der Waals surface area (Å²) in [5.74, 6) is -1.61. The van der Waals surface area contributed by atoms with Crippen LogP contribution in [-0.4, -0.2) is 61.4 Å². The summed E-state index contributed by atoms with van der Waals surface area (Å²) in [4.78, 5) is 38.8. The SMILES string of the molecule is C=CCCC(Cc1ccccc1)C(=O)OCC1(NC(=O)C(CC=C)CC(=O)NCCOCCO)CCCC1. The van der Waals surface area contributed by atoms with Gasteiger partial charge in [-0.15, -0.1) is 13.2 Å². The Balaban J connectivity index is 1.97. The average Bonchev–Trinajstić information content (AvgIpc) is 3.38. The minimum atomic E-state index is -0.628. The number of allylic oxidation sites excluding steroid dienone is 2. The Bertz CT molecular complexity index is 882. The predicted molar refractivity (Wildman–Crippen MR) is 147 cm³/mol. The minimum Gasteiger partial charge on any atom is -0.463 e. The van der Waals surface area contributed by atoms with Gasteiger partial charge in [-0.1, -0.05) is 55.3 Å². The predicted octanol–water partition coefficient (Wildman–Crippen LogP) is 3.49. The Morgan fingerprint density at radius 1 is 1.05 bits per heavy atom. The van der Waals surface area contributed by atoms with Crippen LogP contribution in [0.4, 0.5) is 0 Å². The zero-order valence-corrected chi connectivity index (χ0v) is 22.5. The Labute approximate surface area is 226 Å². The highest BCUT2D eigenvalue weighted by molar-refractivity contribution is 5.86. The number of hydrogen-bond donors (Lipinski definition) is 3. The summed E-state index contributed by atoms with van der Waals surface area (Å²) in [7, 11) is 0. The van der Waals surface area contributed by atoms with E-state index in [4.69, 9.17) is 14.6 Å². The molecular formula is C30H44N2O6. The minimum absolute atomic E-state index is 0.0222. The topological polar surface area (TPSA) is 114 Å². The third-order valence-electron chi connectivity index (χ3n) is 6.88. The molecule has 0 aliphatic heterocycles. The monoisotopic (exact) mass is 528 g/mol. The van der Waals surface area contributed by atoms with Crippen molar-refractivity contribution in [2.45, 2.75) is 63.3 Å². The van der Waals surface area contributed by atoms with Gasteiger partial charge in [-0.05, 0) is 44.1 Å². The fourth-order valence-corrected chi connectivity index (χ4v) is 4.78. The zero-order valence-electron chi connectivity index (χ0n) is 22.5. The number of carbonyl (C=O) groups is 3. The van der Waals surface area contributed by atoms with Crippen molar-refractivity contribution in [2.24, 2.45) is 11.8 Å². The number of carbonyl (C=O) groups excluding carboxylic acids is 3. The van der Waals surface area contributed by atoms with Gasteiger partial charge in [-0.2, -0.15) is 0 Å². The van der Waals surface area contributed by atoms with Gasteiger partial charge in [-0.3, -0.25) is 14.4 Å². The van der Waals surface area contributed by atoms with E-state index in [-0.39, 0.29) is 56.5 Å². The normalized spacial score (nSPS) is 15.7. The Morgan fingerprint density at radius 3 is 2.45 bits per heavy atom. The van der Waals surface area contributed by atoms with Gasteiger partial charge in [0.15, 0.2) is 0 Å². The largest absolute Gasteiger partial charge is 0.463 e. The van der Waals surface area contributed by atoms with Gasteiger partial charge in [0.25, 0.3) is 0 Å². The van der Waals surface area contributed by atoms with Crippen molar-refractivity contribution in [3.8, 4) is 0 Å². The Hall–Kier alpha value is -2.97. The highest BCUT2D eigenvalue weighted by Crippen LogP contribution is 2.31. The first-order chi connectivity index (χ1) is 18.4. The van der Waals surface area contributed by atoms with Crippen LogP contribution < -0.4 is 10.6 Å². The van der Waals surface area contributed by atoms with E-state index < -0.39 is 11.5 Å². The van der Waals surface area contributed by atoms with Crippen molar-refractivity contribution >= 4 is 17.8 Å². The van der Waals surface area contributed by atoms with E-state index in [2.05, 4.69) is 23.8 Å². The van der Waals surface area contributed by atoms with E-state index >= 15 is 0 Å². The quantitative estimate of drug-likeness (QED) is 0.144. The smallest absolute Gasteiger partial charge is 0.309 e. The maximum Gasteiger partial charge on any atom is 0.309 e. The second-order valence-corrected chi connectivity index (χ2v) is 9.95. The number of ether oxygens (including phenoxy) is 2.